The maximum atomic E-state index is 12.2. The van der Waals surface area contributed by atoms with Gasteiger partial charge >= 0.3 is 0 Å². The highest BCUT2D eigenvalue weighted by molar-refractivity contribution is 7.99. The molecule has 0 bridgehead atoms. The second kappa shape index (κ2) is 7.36. The van der Waals surface area contributed by atoms with Crippen molar-refractivity contribution < 1.29 is 4.79 Å². The minimum Gasteiger partial charge on any atom is -0.325 e. The fraction of sp³-hybridized carbons (Fsp3) is 0.400. The van der Waals surface area contributed by atoms with E-state index in [2.05, 4.69) is 17.2 Å². The minimum absolute atomic E-state index is 0.0891. The molecule has 1 aromatic carbocycles. The number of amides is 1. The van der Waals surface area contributed by atoms with Crippen LogP contribution in [0.5, 0.6) is 0 Å². The summed E-state index contributed by atoms with van der Waals surface area (Å²) in [5.41, 5.74) is 0.907. The fourth-order valence-corrected chi connectivity index (χ4v) is 2.90. The second-order valence-corrected chi connectivity index (χ2v) is 5.69. The van der Waals surface area contributed by atoms with Crippen molar-refractivity contribution in [3.63, 3.8) is 0 Å². The Kier molecular flexibility index (Phi) is 5.48. The van der Waals surface area contributed by atoms with E-state index in [1.165, 1.54) is 0 Å². The number of piperidine rings is 1. The molecule has 0 saturated carbocycles. The zero-order chi connectivity index (χ0) is 13.5. The number of carbonyl (C=O) groups excluding carboxylic acids is 1. The molecule has 1 saturated heterocycles. The zero-order valence-electron chi connectivity index (χ0n) is 11.0. The number of carbonyl (C=O) groups is 1. The Morgan fingerprint density at radius 3 is 3.11 bits per heavy atom. The lowest BCUT2D eigenvalue weighted by molar-refractivity contribution is -0.120. The van der Waals surface area contributed by atoms with E-state index in [0.717, 1.165) is 42.3 Å². The maximum Gasteiger partial charge on any atom is 0.228 e. The number of rotatable bonds is 5. The third-order valence-corrected chi connectivity index (χ3v) is 4.24. The summed E-state index contributed by atoms with van der Waals surface area (Å²) in [6.45, 7) is 5.53. The van der Waals surface area contributed by atoms with Gasteiger partial charge in [0.2, 0.25) is 5.91 Å². The number of nitrogens with one attached hydrogen (secondary N) is 2. The van der Waals surface area contributed by atoms with Crippen molar-refractivity contribution in [3.8, 4) is 0 Å². The lowest BCUT2D eigenvalue weighted by Crippen LogP contribution is -2.37. The summed E-state index contributed by atoms with van der Waals surface area (Å²) < 4.78 is 0. The Bertz CT molecular complexity index is 442. The normalized spacial score (nSPS) is 18.8. The summed E-state index contributed by atoms with van der Waals surface area (Å²) >= 11 is 1.69. The SMILES string of the molecule is C=CCSc1ccccc1NC(=O)C1CCCNC1. The molecule has 1 unspecified atom stereocenters. The topological polar surface area (TPSA) is 41.1 Å². The number of para-hydroxylation sites is 1. The number of hydrogen-bond acceptors (Lipinski definition) is 3. The maximum absolute atomic E-state index is 12.2. The van der Waals surface area contributed by atoms with Gasteiger partial charge in [0.05, 0.1) is 11.6 Å². The van der Waals surface area contributed by atoms with Gasteiger partial charge in [-0.1, -0.05) is 18.2 Å². The van der Waals surface area contributed by atoms with Crippen LogP contribution in [-0.4, -0.2) is 24.7 Å². The van der Waals surface area contributed by atoms with Gasteiger partial charge in [-0.3, -0.25) is 4.79 Å². The first-order chi connectivity index (χ1) is 9.31. The van der Waals surface area contributed by atoms with Gasteiger partial charge in [-0.2, -0.15) is 0 Å². The average Bonchev–Trinajstić information content (AvgIpc) is 2.47. The van der Waals surface area contributed by atoms with Crippen LogP contribution in [-0.2, 0) is 4.79 Å². The molecular formula is C15H20N2OS. The van der Waals surface area contributed by atoms with Crippen LogP contribution in [0.3, 0.4) is 0 Å². The Morgan fingerprint density at radius 1 is 1.53 bits per heavy atom. The van der Waals surface area contributed by atoms with Crippen LogP contribution in [0.2, 0.25) is 0 Å². The first-order valence-electron chi connectivity index (χ1n) is 6.65. The van der Waals surface area contributed by atoms with Gasteiger partial charge in [0.25, 0.3) is 0 Å². The quantitative estimate of drug-likeness (QED) is 0.642. The van der Waals surface area contributed by atoms with Crippen molar-refractivity contribution in [1.29, 1.82) is 0 Å². The summed E-state index contributed by atoms with van der Waals surface area (Å²) in [6.07, 6.45) is 3.92. The van der Waals surface area contributed by atoms with Crippen LogP contribution in [0.15, 0.2) is 41.8 Å². The first kappa shape index (κ1) is 14.2. The molecule has 0 aromatic heterocycles. The molecule has 1 aliphatic heterocycles. The molecule has 1 heterocycles. The minimum atomic E-state index is 0.0891. The van der Waals surface area contributed by atoms with E-state index < -0.39 is 0 Å². The average molecular weight is 276 g/mol. The molecule has 1 aliphatic rings. The van der Waals surface area contributed by atoms with Gasteiger partial charge in [-0.25, -0.2) is 0 Å². The molecule has 19 heavy (non-hydrogen) atoms. The van der Waals surface area contributed by atoms with Crippen LogP contribution in [0.25, 0.3) is 0 Å². The van der Waals surface area contributed by atoms with E-state index >= 15 is 0 Å². The molecule has 2 N–H and O–H groups in total. The molecule has 1 atom stereocenters. The van der Waals surface area contributed by atoms with E-state index in [4.69, 9.17) is 0 Å². The van der Waals surface area contributed by atoms with E-state index in [0.29, 0.717) is 0 Å². The Hall–Kier alpha value is -1.26. The first-order valence-corrected chi connectivity index (χ1v) is 7.64. The van der Waals surface area contributed by atoms with Crippen molar-refractivity contribution in [2.24, 2.45) is 5.92 Å². The third kappa shape index (κ3) is 4.11. The van der Waals surface area contributed by atoms with Crippen molar-refractivity contribution >= 4 is 23.4 Å². The largest absolute Gasteiger partial charge is 0.325 e. The third-order valence-electron chi connectivity index (χ3n) is 3.17. The van der Waals surface area contributed by atoms with E-state index in [1.807, 2.05) is 30.3 Å². The monoisotopic (exact) mass is 276 g/mol. The molecule has 1 fully saturated rings. The summed E-state index contributed by atoms with van der Waals surface area (Å²) in [7, 11) is 0. The molecule has 2 rings (SSSR count). The summed E-state index contributed by atoms with van der Waals surface area (Å²) in [5, 5.41) is 6.33. The van der Waals surface area contributed by atoms with Gasteiger partial charge in [0.1, 0.15) is 0 Å². The predicted molar refractivity (Wildman–Crippen MR) is 81.6 cm³/mol. The smallest absolute Gasteiger partial charge is 0.228 e. The predicted octanol–water partition coefficient (Wildman–Crippen LogP) is 2.90. The Morgan fingerprint density at radius 2 is 2.37 bits per heavy atom. The molecule has 0 spiro atoms. The molecule has 3 nitrogen and oxygen atoms in total. The lowest BCUT2D eigenvalue weighted by Gasteiger charge is -2.22. The number of hydrogen-bond donors (Lipinski definition) is 2. The van der Waals surface area contributed by atoms with Crippen molar-refractivity contribution in [3.05, 3.63) is 36.9 Å². The zero-order valence-corrected chi connectivity index (χ0v) is 11.8. The van der Waals surface area contributed by atoms with Gasteiger partial charge in [0, 0.05) is 17.2 Å². The van der Waals surface area contributed by atoms with E-state index in [-0.39, 0.29) is 11.8 Å². The van der Waals surface area contributed by atoms with Crippen molar-refractivity contribution in [2.45, 2.75) is 17.7 Å². The van der Waals surface area contributed by atoms with E-state index in [9.17, 15) is 4.79 Å². The molecule has 102 valence electrons. The Labute approximate surface area is 118 Å². The second-order valence-electron chi connectivity index (χ2n) is 4.63. The summed E-state index contributed by atoms with van der Waals surface area (Å²) in [5.74, 6) is 1.06. The van der Waals surface area contributed by atoms with Crippen LogP contribution in [0.1, 0.15) is 12.8 Å². The molecule has 0 radical (unpaired) electrons. The summed E-state index contributed by atoms with van der Waals surface area (Å²) in [6, 6.07) is 7.93. The molecule has 0 aliphatic carbocycles. The molecular weight excluding hydrogens is 256 g/mol. The highest BCUT2D eigenvalue weighted by atomic mass is 32.2. The lowest BCUT2D eigenvalue weighted by atomic mass is 9.99. The molecule has 4 heteroatoms. The number of benzene rings is 1. The van der Waals surface area contributed by atoms with E-state index in [1.54, 1.807) is 11.8 Å². The van der Waals surface area contributed by atoms with Crippen LogP contribution in [0, 0.1) is 5.92 Å². The molecule has 1 aromatic rings. The highest BCUT2D eigenvalue weighted by Crippen LogP contribution is 2.27. The number of thioether (sulfide) groups is 1. The van der Waals surface area contributed by atoms with Crippen LogP contribution in [0.4, 0.5) is 5.69 Å². The van der Waals surface area contributed by atoms with Crippen molar-refractivity contribution in [1.82, 2.24) is 5.32 Å². The number of anilines is 1. The van der Waals surface area contributed by atoms with Gasteiger partial charge in [0.15, 0.2) is 0 Å². The van der Waals surface area contributed by atoms with Crippen LogP contribution < -0.4 is 10.6 Å². The standard InChI is InChI=1S/C15H20N2OS/c1-2-10-19-14-8-4-3-7-13(14)17-15(18)12-6-5-9-16-11-12/h2-4,7-8,12,16H,1,5-6,9-11H2,(H,17,18). The van der Waals surface area contributed by atoms with Crippen molar-refractivity contribution in [2.75, 3.05) is 24.2 Å². The summed E-state index contributed by atoms with van der Waals surface area (Å²) in [4.78, 5) is 13.3. The van der Waals surface area contributed by atoms with Gasteiger partial charge in [-0.05, 0) is 31.5 Å². The highest BCUT2D eigenvalue weighted by Gasteiger charge is 2.21. The molecule has 1 amide bonds. The van der Waals surface area contributed by atoms with Crippen LogP contribution >= 0.6 is 11.8 Å². The van der Waals surface area contributed by atoms with Gasteiger partial charge < -0.3 is 10.6 Å². The fourth-order valence-electron chi connectivity index (χ4n) is 2.15. The Balaban J connectivity index is 2.00. The van der Waals surface area contributed by atoms with Gasteiger partial charge in [-0.15, -0.1) is 18.3 Å².